The molecule has 0 unspecified atom stereocenters. The summed E-state index contributed by atoms with van der Waals surface area (Å²) in [5.41, 5.74) is 3.48. The van der Waals surface area contributed by atoms with Gasteiger partial charge in [0.25, 0.3) is 0 Å². The average molecular weight is 388 g/mol. The number of halogens is 1. The highest BCUT2D eigenvalue weighted by Gasteiger charge is 2.26. The average Bonchev–Trinajstić information content (AvgIpc) is 2.70. The molecule has 4 nitrogen and oxygen atoms in total. The Balaban J connectivity index is 1.61. The van der Waals surface area contributed by atoms with Crippen molar-refractivity contribution in [2.75, 3.05) is 19.7 Å². The molecule has 0 fully saturated rings. The molecule has 2 N–H and O–H groups in total. The number of ether oxygens (including phenoxy) is 1. The summed E-state index contributed by atoms with van der Waals surface area (Å²) in [4.78, 5) is 14.2. The molecule has 0 saturated heterocycles. The lowest BCUT2D eigenvalue weighted by Crippen LogP contribution is -3.10. The minimum atomic E-state index is -0.184. The van der Waals surface area contributed by atoms with E-state index in [4.69, 9.17) is 16.3 Å². The number of fused-ring (bicyclic) bond motifs is 1. The second-order valence-electron chi connectivity index (χ2n) is 7.08. The fourth-order valence-electron chi connectivity index (χ4n) is 3.53. The maximum absolute atomic E-state index is 12.7. The van der Waals surface area contributed by atoms with E-state index < -0.39 is 0 Å². The largest absolute Gasteiger partial charge is 0.492 e. The number of hydrogen-bond acceptors (Lipinski definition) is 2. The maximum atomic E-state index is 12.7. The van der Waals surface area contributed by atoms with Crippen LogP contribution in [0, 0.1) is 5.92 Å². The fourth-order valence-corrected chi connectivity index (χ4v) is 3.72. The predicted molar refractivity (Wildman–Crippen MR) is 108 cm³/mol. The SMILES string of the molecule is CC[NH+](CC)Cc1ccccc1CNC(=O)[C@@H]1COc2ccc(Cl)cc2C1. The Morgan fingerprint density at radius 2 is 1.93 bits per heavy atom. The van der Waals surface area contributed by atoms with Crippen molar-refractivity contribution in [1.29, 1.82) is 0 Å². The normalized spacial score (nSPS) is 15.9. The summed E-state index contributed by atoms with van der Waals surface area (Å²) in [5, 5.41) is 3.78. The lowest BCUT2D eigenvalue weighted by Gasteiger charge is -2.25. The maximum Gasteiger partial charge on any atom is 0.227 e. The van der Waals surface area contributed by atoms with Gasteiger partial charge in [0, 0.05) is 17.1 Å². The number of quaternary nitrogens is 1. The lowest BCUT2D eigenvalue weighted by molar-refractivity contribution is -0.910. The number of amides is 1. The minimum absolute atomic E-state index is 0.0330. The van der Waals surface area contributed by atoms with Crippen LogP contribution in [0.4, 0.5) is 0 Å². The highest BCUT2D eigenvalue weighted by molar-refractivity contribution is 6.30. The topological polar surface area (TPSA) is 42.8 Å². The quantitative estimate of drug-likeness (QED) is 0.767. The molecule has 0 spiro atoms. The molecule has 27 heavy (non-hydrogen) atoms. The molecule has 0 aromatic heterocycles. The molecule has 1 aliphatic heterocycles. The number of rotatable bonds is 7. The van der Waals surface area contributed by atoms with Crippen LogP contribution in [0.25, 0.3) is 0 Å². The second kappa shape index (κ2) is 9.25. The van der Waals surface area contributed by atoms with Crippen molar-refractivity contribution in [2.45, 2.75) is 33.4 Å². The Morgan fingerprint density at radius 3 is 2.67 bits per heavy atom. The Kier molecular flexibility index (Phi) is 6.75. The van der Waals surface area contributed by atoms with Gasteiger partial charge < -0.3 is 15.0 Å². The van der Waals surface area contributed by atoms with Crippen LogP contribution in [-0.4, -0.2) is 25.6 Å². The number of nitrogens with one attached hydrogen (secondary N) is 2. The molecule has 144 valence electrons. The molecule has 0 bridgehead atoms. The lowest BCUT2D eigenvalue weighted by atomic mass is 9.96. The van der Waals surface area contributed by atoms with Gasteiger partial charge in [0.15, 0.2) is 0 Å². The van der Waals surface area contributed by atoms with Crippen molar-refractivity contribution in [3.63, 3.8) is 0 Å². The molecule has 0 aliphatic carbocycles. The highest BCUT2D eigenvalue weighted by atomic mass is 35.5. The first-order chi connectivity index (χ1) is 13.1. The zero-order chi connectivity index (χ0) is 19.2. The fraction of sp³-hybridized carbons (Fsp3) is 0.409. The van der Waals surface area contributed by atoms with Crippen molar-refractivity contribution >= 4 is 17.5 Å². The van der Waals surface area contributed by atoms with Crippen molar-refractivity contribution in [2.24, 2.45) is 5.92 Å². The van der Waals surface area contributed by atoms with Crippen LogP contribution in [0.1, 0.15) is 30.5 Å². The van der Waals surface area contributed by atoms with Gasteiger partial charge in [-0.25, -0.2) is 0 Å². The summed E-state index contributed by atoms with van der Waals surface area (Å²) in [6, 6.07) is 13.9. The van der Waals surface area contributed by atoms with Crippen LogP contribution in [0.3, 0.4) is 0 Å². The summed E-state index contributed by atoms with van der Waals surface area (Å²) in [6.45, 7) is 8.54. The summed E-state index contributed by atoms with van der Waals surface area (Å²) < 4.78 is 5.75. The zero-order valence-electron chi connectivity index (χ0n) is 16.1. The monoisotopic (exact) mass is 387 g/mol. The third-order valence-corrected chi connectivity index (χ3v) is 5.55. The van der Waals surface area contributed by atoms with Gasteiger partial charge >= 0.3 is 0 Å². The first-order valence-electron chi connectivity index (χ1n) is 9.70. The number of carbonyl (C=O) groups is 1. The van der Waals surface area contributed by atoms with Crippen LogP contribution in [0.5, 0.6) is 5.75 Å². The van der Waals surface area contributed by atoms with Crippen LogP contribution in [-0.2, 0) is 24.3 Å². The first-order valence-corrected chi connectivity index (χ1v) is 10.1. The molecule has 2 aromatic carbocycles. The van der Waals surface area contributed by atoms with E-state index in [2.05, 4.69) is 37.4 Å². The van der Waals surface area contributed by atoms with E-state index in [1.165, 1.54) is 16.0 Å². The standard InChI is InChI=1S/C22H27ClN2O2/c1-3-25(4-2)14-17-8-6-5-7-16(17)13-24-22(26)19-11-18-12-20(23)9-10-21(18)27-15-19/h5-10,12,19H,3-4,11,13-15H2,1-2H3,(H,24,26)/p+1/t19-/m0/s1. The summed E-state index contributed by atoms with van der Waals surface area (Å²) in [6.07, 6.45) is 0.660. The molecule has 1 aliphatic rings. The highest BCUT2D eigenvalue weighted by Crippen LogP contribution is 2.29. The van der Waals surface area contributed by atoms with Gasteiger partial charge in [0.05, 0.1) is 19.0 Å². The van der Waals surface area contributed by atoms with Crippen molar-refractivity contribution < 1.29 is 14.4 Å². The van der Waals surface area contributed by atoms with Crippen molar-refractivity contribution in [1.82, 2.24) is 5.32 Å². The number of carbonyl (C=O) groups excluding carboxylic acids is 1. The number of benzene rings is 2. The number of hydrogen-bond donors (Lipinski definition) is 2. The summed E-state index contributed by atoms with van der Waals surface area (Å²) in [5.74, 6) is 0.679. The molecule has 3 rings (SSSR count). The molecule has 1 atom stereocenters. The van der Waals surface area contributed by atoms with Crippen molar-refractivity contribution in [3.8, 4) is 5.75 Å². The van der Waals surface area contributed by atoms with Crippen LogP contribution < -0.4 is 15.0 Å². The van der Waals surface area contributed by atoms with E-state index in [-0.39, 0.29) is 11.8 Å². The third-order valence-electron chi connectivity index (χ3n) is 5.31. The van der Waals surface area contributed by atoms with E-state index in [9.17, 15) is 4.79 Å². The van der Waals surface area contributed by atoms with Gasteiger partial charge in [-0.15, -0.1) is 0 Å². The van der Waals surface area contributed by atoms with Crippen LogP contribution in [0.2, 0.25) is 5.02 Å². The van der Waals surface area contributed by atoms with Crippen molar-refractivity contribution in [3.05, 3.63) is 64.2 Å². The molecule has 0 saturated carbocycles. The summed E-state index contributed by atoms with van der Waals surface area (Å²) >= 11 is 6.07. The van der Waals surface area contributed by atoms with E-state index in [0.717, 1.165) is 30.9 Å². The van der Waals surface area contributed by atoms with Gasteiger partial charge in [-0.05, 0) is 49.6 Å². The van der Waals surface area contributed by atoms with Crippen LogP contribution in [0.15, 0.2) is 42.5 Å². The Morgan fingerprint density at radius 1 is 1.19 bits per heavy atom. The molecule has 5 heteroatoms. The molecule has 1 amide bonds. The molecular weight excluding hydrogens is 360 g/mol. The first kappa shape index (κ1) is 19.7. The Bertz CT molecular complexity index is 790. The van der Waals surface area contributed by atoms with E-state index in [0.29, 0.717) is 24.6 Å². The molecular formula is C22H28ClN2O2+. The summed E-state index contributed by atoms with van der Waals surface area (Å²) in [7, 11) is 0. The second-order valence-corrected chi connectivity index (χ2v) is 7.52. The zero-order valence-corrected chi connectivity index (χ0v) is 16.8. The third kappa shape index (κ3) is 5.02. The molecule has 1 heterocycles. The van der Waals surface area contributed by atoms with E-state index in [1.54, 1.807) is 0 Å². The van der Waals surface area contributed by atoms with Gasteiger partial charge in [0.1, 0.15) is 18.9 Å². The molecule has 0 radical (unpaired) electrons. The minimum Gasteiger partial charge on any atom is -0.492 e. The predicted octanol–water partition coefficient (Wildman–Crippen LogP) is 2.63. The van der Waals surface area contributed by atoms with Gasteiger partial charge in [-0.1, -0.05) is 35.9 Å². The van der Waals surface area contributed by atoms with E-state index in [1.807, 2.05) is 24.3 Å². The smallest absolute Gasteiger partial charge is 0.227 e. The Labute approximate surface area is 166 Å². The molecule has 2 aromatic rings. The van der Waals surface area contributed by atoms with Gasteiger partial charge in [-0.3, -0.25) is 4.79 Å². The Hall–Kier alpha value is -2.04. The van der Waals surface area contributed by atoms with Gasteiger partial charge in [-0.2, -0.15) is 0 Å². The van der Waals surface area contributed by atoms with E-state index >= 15 is 0 Å². The van der Waals surface area contributed by atoms with Gasteiger partial charge in [0.2, 0.25) is 5.91 Å². The van der Waals surface area contributed by atoms with Crippen LogP contribution >= 0.6 is 11.6 Å².